The molecule has 0 aliphatic heterocycles. The van der Waals surface area contributed by atoms with Crippen LogP contribution >= 0.6 is 0 Å². The summed E-state index contributed by atoms with van der Waals surface area (Å²) in [6, 6.07) is 0.112. The molecule has 1 amide bonds. The van der Waals surface area contributed by atoms with E-state index in [9.17, 15) is 4.79 Å². The Balaban J connectivity index is 2.32. The van der Waals surface area contributed by atoms with Crippen LogP contribution < -0.4 is 16.2 Å². The quantitative estimate of drug-likeness (QED) is 0.744. The number of nitrogens with zero attached hydrogens (tertiary/aromatic N) is 5. The molecule has 2 aromatic heterocycles. The van der Waals surface area contributed by atoms with Crippen LogP contribution in [0.5, 0.6) is 6.01 Å². The van der Waals surface area contributed by atoms with Gasteiger partial charge in [0.15, 0.2) is 0 Å². The van der Waals surface area contributed by atoms with Gasteiger partial charge in [-0.1, -0.05) is 6.92 Å². The predicted octanol–water partition coefficient (Wildman–Crippen LogP) is -0.473. The summed E-state index contributed by atoms with van der Waals surface area (Å²) in [6.45, 7) is 2.42. The van der Waals surface area contributed by atoms with Crippen LogP contribution in [0.4, 0.5) is 5.95 Å². The van der Waals surface area contributed by atoms with Crippen LogP contribution in [0.3, 0.4) is 0 Å². The molecule has 0 aliphatic rings. The number of nitrogens with two attached hydrogens (primary N) is 2. The predicted molar refractivity (Wildman–Crippen MR) is 65.7 cm³/mol. The van der Waals surface area contributed by atoms with E-state index >= 15 is 0 Å². The first-order chi connectivity index (χ1) is 9.10. The van der Waals surface area contributed by atoms with Crippen molar-refractivity contribution in [1.82, 2.24) is 24.7 Å². The maximum atomic E-state index is 11.0. The molecule has 0 atom stereocenters. The van der Waals surface area contributed by atoms with Gasteiger partial charge in [-0.2, -0.15) is 20.1 Å². The first-order valence-electron chi connectivity index (χ1n) is 5.59. The molecular formula is C10H13N7O2. The average molecular weight is 263 g/mol. The van der Waals surface area contributed by atoms with Gasteiger partial charge in [0.25, 0.3) is 11.9 Å². The highest BCUT2D eigenvalue weighted by Gasteiger charge is 2.10. The number of hydrogen-bond donors (Lipinski definition) is 2. The molecule has 0 bridgehead atoms. The SMILES string of the molecule is CCCOc1nc(N)nc(-n2cc(C(N)=O)cn2)n1. The minimum absolute atomic E-state index is 0.00669. The highest BCUT2D eigenvalue weighted by Crippen LogP contribution is 2.09. The van der Waals surface area contributed by atoms with Crippen molar-refractivity contribution in [3.8, 4) is 12.0 Å². The summed E-state index contributed by atoms with van der Waals surface area (Å²) >= 11 is 0. The second-order valence-electron chi connectivity index (χ2n) is 3.66. The molecule has 9 nitrogen and oxygen atoms in total. The fourth-order valence-corrected chi connectivity index (χ4v) is 1.28. The lowest BCUT2D eigenvalue weighted by molar-refractivity contribution is 0.100. The monoisotopic (exact) mass is 263 g/mol. The number of carbonyl (C=O) groups is 1. The van der Waals surface area contributed by atoms with E-state index in [-0.39, 0.29) is 23.5 Å². The van der Waals surface area contributed by atoms with Crippen LogP contribution in [0, 0.1) is 0 Å². The summed E-state index contributed by atoms with van der Waals surface area (Å²) in [6.07, 6.45) is 3.53. The molecular weight excluding hydrogens is 250 g/mol. The number of amides is 1. The van der Waals surface area contributed by atoms with Crippen LogP contribution in [0.15, 0.2) is 12.4 Å². The van der Waals surface area contributed by atoms with E-state index in [0.29, 0.717) is 6.61 Å². The minimum Gasteiger partial charge on any atom is -0.463 e. The lowest BCUT2D eigenvalue weighted by Gasteiger charge is -2.05. The third kappa shape index (κ3) is 2.94. The number of hydrogen-bond acceptors (Lipinski definition) is 7. The van der Waals surface area contributed by atoms with Crippen molar-refractivity contribution in [3.05, 3.63) is 18.0 Å². The maximum Gasteiger partial charge on any atom is 0.323 e. The highest BCUT2D eigenvalue weighted by molar-refractivity contribution is 5.92. The number of ether oxygens (including phenoxy) is 1. The molecule has 2 rings (SSSR count). The Morgan fingerprint density at radius 1 is 1.42 bits per heavy atom. The molecule has 100 valence electrons. The molecule has 0 spiro atoms. The standard InChI is InChI=1S/C10H13N7O2/c1-2-3-19-10-15-8(12)14-9(16-10)17-5-6(4-13-17)7(11)18/h4-5H,2-3H2,1H3,(H2,11,18)(H2,12,14,15,16). The molecule has 2 aromatic rings. The Hall–Kier alpha value is -2.71. The minimum atomic E-state index is -0.587. The molecule has 0 fully saturated rings. The number of primary amides is 1. The van der Waals surface area contributed by atoms with Crippen LogP contribution in [-0.4, -0.2) is 37.2 Å². The van der Waals surface area contributed by atoms with Crippen molar-refractivity contribution < 1.29 is 9.53 Å². The Morgan fingerprint density at radius 3 is 2.84 bits per heavy atom. The molecule has 0 saturated carbocycles. The molecule has 0 radical (unpaired) electrons. The maximum absolute atomic E-state index is 11.0. The number of anilines is 1. The third-order valence-corrected chi connectivity index (χ3v) is 2.13. The van der Waals surface area contributed by atoms with E-state index in [1.165, 1.54) is 17.1 Å². The van der Waals surface area contributed by atoms with Crippen molar-refractivity contribution in [1.29, 1.82) is 0 Å². The first-order valence-corrected chi connectivity index (χ1v) is 5.59. The van der Waals surface area contributed by atoms with Gasteiger partial charge < -0.3 is 16.2 Å². The van der Waals surface area contributed by atoms with E-state index in [4.69, 9.17) is 16.2 Å². The van der Waals surface area contributed by atoms with Gasteiger partial charge in [-0.15, -0.1) is 0 Å². The number of rotatable bonds is 5. The van der Waals surface area contributed by atoms with Crippen molar-refractivity contribution in [2.45, 2.75) is 13.3 Å². The smallest absolute Gasteiger partial charge is 0.323 e. The summed E-state index contributed by atoms with van der Waals surface area (Å²) in [4.78, 5) is 22.8. The van der Waals surface area contributed by atoms with Gasteiger partial charge in [0.2, 0.25) is 5.95 Å². The number of nitrogen functional groups attached to an aromatic ring is 1. The second-order valence-corrected chi connectivity index (χ2v) is 3.66. The van der Waals surface area contributed by atoms with Crippen molar-refractivity contribution in [3.63, 3.8) is 0 Å². The normalized spacial score (nSPS) is 10.4. The summed E-state index contributed by atoms with van der Waals surface area (Å²) in [5.41, 5.74) is 10.9. The summed E-state index contributed by atoms with van der Waals surface area (Å²) in [5.74, 6) is -0.422. The van der Waals surface area contributed by atoms with Crippen LogP contribution in [-0.2, 0) is 0 Å². The summed E-state index contributed by atoms with van der Waals surface area (Å²) < 4.78 is 6.55. The molecule has 2 heterocycles. The zero-order valence-electron chi connectivity index (χ0n) is 10.3. The fraction of sp³-hybridized carbons (Fsp3) is 0.300. The van der Waals surface area contributed by atoms with Gasteiger partial charge in [-0.25, -0.2) is 4.68 Å². The fourth-order valence-electron chi connectivity index (χ4n) is 1.28. The third-order valence-electron chi connectivity index (χ3n) is 2.13. The zero-order valence-corrected chi connectivity index (χ0v) is 10.3. The van der Waals surface area contributed by atoms with E-state index in [2.05, 4.69) is 20.1 Å². The van der Waals surface area contributed by atoms with Crippen LogP contribution in [0.1, 0.15) is 23.7 Å². The topological polar surface area (TPSA) is 135 Å². The van der Waals surface area contributed by atoms with Crippen LogP contribution in [0.2, 0.25) is 0 Å². The largest absolute Gasteiger partial charge is 0.463 e. The molecule has 0 aromatic carbocycles. The number of aromatic nitrogens is 5. The zero-order chi connectivity index (χ0) is 13.8. The molecule has 9 heteroatoms. The van der Waals surface area contributed by atoms with Crippen molar-refractivity contribution in [2.75, 3.05) is 12.3 Å². The van der Waals surface area contributed by atoms with Gasteiger partial charge in [-0.05, 0) is 6.42 Å². The Bertz CT molecular complexity index is 595. The van der Waals surface area contributed by atoms with E-state index in [1.807, 2.05) is 6.92 Å². The summed E-state index contributed by atoms with van der Waals surface area (Å²) in [5, 5.41) is 3.92. The van der Waals surface area contributed by atoms with Crippen molar-refractivity contribution in [2.24, 2.45) is 5.73 Å². The molecule has 0 aliphatic carbocycles. The first kappa shape index (κ1) is 12.7. The average Bonchev–Trinajstić information content (AvgIpc) is 2.85. The van der Waals surface area contributed by atoms with Gasteiger partial charge >= 0.3 is 6.01 Å². The Kier molecular flexibility index (Phi) is 3.55. The van der Waals surface area contributed by atoms with Gasteiger partial charge in [0.05, 0.1) is 18.4 Å². The lowest BCUT2D eigenvalue weighted by atomic mass is 10.4. The highest BCUT2D eigenvalue weighted by atomic mass is 16.5. The van der Waals surface area contributed by atoms with Gasteiger partial charge in [0, 0.05) is 6.20 Å². The van der Waals surface area contributed by atoms with Gasteiger partial charge in [0.1, 0.15) is 0 Å². The van der Waals surface area contributed by atoms with E-state index in [1.54, 1.807) is 0 Å². The van der Waals surface area contributed by atoms with Crippen LogP contribution in [0.25, 0.3) is 5.95 Å². The molecule has 0 unspecified atom stereocenters. The van der Waals surface area contributed by atoms with Gasteiger partial charge in [-0.3, -0.25) is 4.79 Å². The van der Waals surface area contributed by atoms with E-state index < -0.39 is 5.91 Å². The Morgan fingerprint density at radius 2 is 2.21 bits per heavy atom. The molecule has 19 heavy (non-hydrogen) atoms. The second kappa shape index (κ2) is 5.29. The molecule has 4 N–H and O–H groups in total. The Labute approximate surface area is 108 Å². The lowest BCUT2D eigenvalue weighted by Crippen LogP contribution is -2.11. The van der Waals surface area contributed by atoms with Crippen molar-refractivity contribution >= 4 is 11.9 Å². The van der Waals surface area contributed by atoms with E-state index in [0.717, 1.165) is 6.42 Å². The molecule has 0 saturated heterocycles. The summed E-state index contributed by atoms with van der Waals surface area (Å²) in [7, 11) is 0. The number of carbonyl (C=O) groups excluding carboxylic acids is 1.